The van der Waals surface area contributed by atoms with Crippen molar-refractivity contribution in [3.8, 4) is 28.5 Å². The molecule has 0 atom stereocenters. The van der Waals surface area contributed by atoms with Crippen molar-refractivity contribution in [1.82, 2.24) is 9.88 Å². The predicted octanol–water partition coefficient (Wildman–Crippen LogP) is 6.94. The summed E-state index contributed by atoms with van der Waals surface area (Å²) in [5.41, 5.74) is 3.38. The van der Waals surface area contributed by atoms with Crippen LogP contribution in [0.4, 0.5) is 10.5 Å². The van der Waals surface area contributed by atoms with Crippen molar-refractivity contribution in [3.63, 3.8) is 0 Å². The van der Waals surface area contributed by atoms with Crippen molar-refractivity contribution in [2.75, 3.05) is 39.3 Å². The van der Waals surface area contributed by atoms with Gasteiger partial charge in [-0.3, -0.25) is 4.98 Å². The van der Waals surface area contributed by atoms with Gasteiger partial charge in [-0.15, -0.1) is 0 Å². The lowest BCUT2D eigenvalue weighted by molar-refractivity contribution is 0.0204. The van der Waals surface area contributed by atoms with Crippen molar-refractivity contribution < 1.29 is 23.7 Å². The maximum absolute atomic E-state index is 12.7. The monoisotopic (exact) mass is 611 g/mol. The van der Waals surface area contributed by atoms with E-state index >= 15 is 0 Å². The zero-order valence-corrected chi connectivity index (χ0v) is 25.7. The van der Waals surface area contributed by atoms with Crippen LogP contribution in [0.3, 0.4) is 0 Å². The molecule has 0 radical (unpaired) electrons. The van der Waals surface area contributed by atoms with Gasteiger partial charge in [0.25, 0.3) is 0 Å². The average Bonchev–Trinajstić information content (AvgIpc) is 2.95. The molecule has 1 aliphatic rings. The van der Waals surface area contributed by atoms with Crippen molar-refractivity contribution in [3.05, 3.63) is 64.8 Å². The smallest absolute Gasteiger partial charge is 0.410 e. The highest BCUT2D eigenvalue weighted by Crippen LogP contribution is 2.41. The molecule has 1 amide bonds. The van der Waals surface area contributed by atoms with Crippen LogP contribution in [-0.4, -0.2) is 62.0 Å². The van der Waals surface area contributed by atoms with Crippen LogP contribution in [0.1, 0.15) is 39.2 Å². The fourth-order valence-corrected chi connectivity index (χ4v) is 5.24. The van der Waals surface area contributed by atoms with Gasteiger partial charge in [-0.1, -0.05) is 22.0 Å². The van der Waals surface area contributed by atoms with Crippen molar-refractivity contribution in [1.29, 1.82) is 0 Å². The number of carbonyl (C=O) groups excluding carboxylic acids is 1. The second-order valence-corrected chi connectivity index (χ2v) is 11.6. The molecule has 1 aliphatic heterocycles. The topological polar surface area (TPSA) is 73.4 Å². The maximum atomic E-state index is 12.7. The molecule has 0 unspecified atom stereocenters. The molecule has 0 saturated carbocycles. The number of aromatic nitrogens is 1. The zero-order valence-electron chi connectivity index (χ0n) is 24.1. The molecule has 4 rings (SSSR count). The van der Waals surface area contributed by atoms with Crippen LogP contribution in [0.2, 0.25) is 0 Å². The molecule has 3 aromatic rings. The first kappa shape index (κ1) is 29.5. The summed E-state index contributed by atoms with van der Waals surface area (Å²) in [7, 11) is 4.81. The third-order valence-electron chi connectivity index (χ3n) is 6.89. The Labute approximate surface area is 245 Å². The van der Waals surface area contributed by atoms with E-state index in [1.54, 1.807) is 27.5 Å². The number of likely N-dealkylation sites (tertiary alicyclic amines) is 1. The highest BCUT2D eigenvalue weighted by Gasteiger charge is 2.30. The molecule has 0 N–H and O–H groups in total. The molecule has 1 aromatic heterocycles. The summed E-state index contributed by atoms with van der Waals surface area (Å²) >= 11 is 3.57. The standard InChI is InChI=1S/C31H38BrN3O5/c1-31(2,3)40-30(36)34-16-13-25(14-17-34)35(24-11-9-23(32)10-12-24)20-21-8-7-15-33-28(21)22-18-26(37-4)29(39-6)27(19-22)38-5/h7-12,15,18-19,25H,13-14,16-17,20H2,1-6H3. The van der Waals surface area contributed by atoms with E-state index < -0.39 is 5.60 Å². The summed E-state index contributed by atoms with van der Waals surface area (Å²) in [5, 5.41) is 0. The van der Waals surface area contributed by atoms with Gasteiger partial charge >= 0.3 is 6.09 Å². The summed E-state index contributed by atoms with van der Waals surface area (Å²) in [6.45, 7) is 7.60. The molecule has 0 bridgehead atoms. The number of rotatable bonds is 8. The lowest BCUT2D eigenvalue weighted by Gasteiger charge is -2.40. The molecular weight excluding hydrogens is 574 g/mol. The van der Waals surface area contributed by atoms with E-state index in [9.17, 15) is 4.79 Å². The van der Waals surface area contributed by atoms with Gasteiger partial charge in [-0.05, 0) is 81.6 Å². The number of amides is 1. The van der Waals surface area contributed by atoms with E-state index in [-0.39, 0.29) is 12.1 Å². The van der Waals surface area contributed by atoms with E-state index in [0.717, 1.165) is 39.8 Å². The quantitative estimate of drug-likeness (QED) is 0.273. The summed E-state index contributed by atoms with van der Waals surface area (Å²) in [6, 6.07) is 16.5. The average molecular weight is 613 g/mol. The summed E-state index contributed by atoms with van der Waals surface area (Å²) < 4.78 is 23.4. The van der Waals surface area contributed by atoms with Crippen molar-refractivity contribution >= 4 is 27.7 Å². The van der Waals surface area contributed by atoms with E-state index in [1.165, 1.54) is 0 Å². The summed E-state index contributed by atoms with van der Waals surface area (Å²) in [5.74, 6) is 1.69. The SMILES string of the molecule is COc1cc(-c2ncccc2CN(c2ccc(Br)cc2)C2CCN(C(=O)OC(C)(C)C)CC2)cc(OC)c1OC. The number of hydrogen-bond acceptors (Lipinski definition) is 7. The third kappa shape index (κ3) is 6.99. The molecule has 8 nitrogen and oxygen atoms in total. The number of nitrogens with zero attached hydrogens (tertiary/aromatic N) is 3. The minimum atomic E-state index is -0.513. The number of ether oxygens (including phenoxy) is 4. The molecular formula is C31H38BrN3O5. The summed E-state index contributed by atoms with van der Waals surface area (Å²) in [6.07, 6.45) is 3.20. The van der Waals surface area contributed by atoms with Gasteiger partial charge in [0.15, 0.2) is 11.5 Å². The normalized spacial score (nSPS) is 14.0. The van der Waals surface area contributed by atoms with Crippen LogP contribution in [0.5, 0.6) is 17.2 Å². The Kier molecular flexibility index (Phi) is 9.45. The van der Waals surface area contributed by atoms with Crippen LogP contribution in [-0.2, 0) is 11.3 Å². The van der Waals surface area contributed by atoms with E-state index in [0.29, 0.717) is 36.9 Å². The molecule has 2 heterocycles. The maximum Gasteiger partial charge on any atom is 0.410 e. The Bertz CT molecular complexity index is 1280. The zero-order chi connectivity index (χ0) is 28.9. The molecule has 40 heavy (non-hydrogen) atoms. The Balaban J connectivity index is 1.65. The number of benzene rings is 2. The van der Waals surface area contributed by atoms with Crippen molar-refractivity contribution in [2.24, 2.45) is 0 Å². The van der Waals surface area contributed by atoms with Crippen LogP contribution in [0, 0.1) is 0 Å². The first-order chi connectivity index (χ1) is 19.1. The van der Waals surface area contributed by atoms with E-state index in [2.05, 4.69) is 51.2 Å². The second kappa shape index (κ2) is 12.8. The van der Waals surface area contributed by atoms with Gasteiger partial charge in [-0.25, -0.2) is 4.79 Å². The number of carbonyl (C=O) groups is 1. The number of anilines is 1. The summed E-state index contributed by atoms with van der Waals surface area (Å²) in [4.78, 5) is 21.7. The highest BCUT2D eigenvalue weighted by molar-refractivity contribution is 9.10. The van der Waals surface area contributed by atoms with E-state index in [4.69, 9.17) is 23.9 Å². The van der Waals surface area contributed by atoms with Gasteiger partial charge in [0, 0.05) is 47.6 Å². The fourth-order valence-electron chi connectivity index (χ4n) is 4.98. The fraction of sp³-hybridized carbons (Fsp3) is 0.419. The lowest BCUT2D eigenvalue weighted by atomic mass is 9.99. The largest absolute Gasteiger partial charge is 0.493 e. The Morgan fingerprint density at radius 2 is 1.62 bits per heavy atom. The van der Waals surface area contributed by atoms with Crippen LogP contribution >= 0.6 is 15.9 Å². The number of halogens is 1. The van der Waals surface area contributed by atoms with Crippen LogP contribution in [0.25, 0.3) is 11.3 Å². The highest BCUT2D eigenvalue weighted by atomic mass is 79.9. The van der Waals surface area contributed by atoms with Crippen LogP contribution in [0.15, 0.2) is 59.2 Å². The predicted molar refractivity (Wildman–Crippen MR) is 160 cm³/mol. The molecule has 0 spiro atoms. The van der Waals surface area contributed by atoms with Gasteiger partial charge in [0.05, 0.1) is 27.0 Å². The number of piperidine rings is 1. The Hall–Kier alpha value is -3.46. The first-order valence-electron chi connectivity index (χ1n) is 13.4. The van der Waals surface area contributed by atoms with Gasteiger partial charge < -0.3 is 28.7 Å². The van der Waals surface area contributed by atoms with E-state index in [1.807, 2.05) is 43.9 Å². The first-order valence-corrected chi connectivity index (χ1v) is 14.2. The van der Waals surface area contributed by atoms with Crippen LogP contribution < -0.4 is 19.1 Å². The Morgan fingerprint density at radius 1 is 1.00 bits per heavy atom. The molecule has 0 aliphatic carbocycles. The second-order valence-electron chi connectivity index (χ2n) is 10.7. The van der Waals surface area contributed by atoms with Gasteiger partial charge in [-0.2, -0.15) is 0 Å². The number of pyridine rings is 1. The van der Waals surface area contributed by atoms with Crippen molar-refractivity contribution in [2.45, 2.75) is 51.8 Å². The molecule has 1 saturated heterocycles. The molecule has 214 valence electrons. The third-order valence-corrected chi connectivity index (χ3v) is 7.41. The lowest BCUT2D eigenvalue weighted by Crippen LogP contribution is -2.48. The Morgan fingerprint density at radius 3 is 2.17 bits per heavy atom. The number of hydrogen-bond donors (Lipinski definition) is 0. The minimum absolute atomic E-state index is 0.229. The van der Waals surface area contributed by atoms with Gasteiger partial charge in [0.2, 0.25) is 5.75 Å². The molecule has 2 aromatic carbocycles. The minimum Gasteiger partial charge on any atom is -0.493 e. The molecule has 1 fully saturated rings. The molecule has 9 heteroatoms. The number of methoxy groups -OCH3 is 3. The van der Waals surface area contributed by atoms with Gasteiger partial charge in [0.1, 0.15) is 5.60 Å².